The van der Waals surface area contributed by atoms with Crippen molar-refractivity contribution >= 4 is 11.6 Å². The van der Waals surface area contributed by atoms with Crippen LogP contribution in [0.3, 0.4) is 0 Å². The van der Waals surface area contributed by atoms with E-state index in [0.717, 1.165) is 30.3 Å². The van der Waals surface area contributed by atoms with E-state index in [0.29, 0.717) is 5.92 Å². The Bertz CT molecular complexity index is 359. The van der Waals surface area contributed by atoms with Gasteiger partial charge in [0.2, 0.25) is 0 Å². The van der Waals surface area contributed by atoms with E-state index in [9.17, 15) is 0 Å². The van der Waals surface area contributed by atoms with Gasteiger partial charge in [-0.15, -0.1) is 0 Å². The van der Waals surface area contributed by atoms with Crippen molar-refractivity contribution in [3.63, 3.8) is 0 Å². The van der Waals surface area contributed by atoms with Crippen molar-refractivity contribution in [3.05, 3.63) is 28.8 Å². The smallest absolute Gasteiger partial charge is 0.138 e. The first kappa shape index (κ1) is 11.7. The van der Waals surface area contributed by atoms with Gasteiger partial charge < -0.3 is 10.1 Å². The Morgan fingerprint density at radius 1 is 1.44 bits per heavy atom. The number of hydrogen-bond acceptors (Lipinski definition) is 2. The molecule has 0 amide bonds. The summed E-state index contributed by atoms with van der Waals surface area (Å²) in [5.41, 5.74) is 1.25. The molecule has 1 N–H and O–H groups in total. The predicted octanol–water partition coefficient (Wildman–Crippen LogP) is 3.20. The van der Waals surface area contributed by atoms with Crippen LogP contribution < -0.4 is 10.1 Å². The maximum Gasteiger partial charge on any atom is 0.138 e. The fourth-order valence-electron chi connectivity index (χ4n) is 1.88. The standard InChI is InChI=1S/C13H18ClNO/c1-9(2)10-3-4-13(12(14)7-10)16-11-5-6-15-8-11/h3-4,7,9,11,15H,5-6,8H2,1-2H3/t11-/m0/s1. The lowest BCUT2D eigenvalue weighted by atomic mass is 10.0. The molecule has 1 fully saturated rings. The third-order valence-electron chi connectivity index (χ3n) is 2.93. The van der Waals surface area contributed by atoms with Gasteiger partial charge in [0.25, 0.3) is 0 Å². The van der Waals surface area contributed by atoms with Gasteiger partial charge in [0.15, 0.2) is 0 Å². The van der Waals surface area contributed by atoms with Crippen LogP contribution in [0, 0.1) is 0 Å². The molecule has 0 bridgehead atoms. The number of nitrogens with one attached hydrogen (secondary N) is 1. The van der Waals surface area contributed by atoms with Crippen LogP contribution in [0.5, 0.6) is 5.75 Å². The maximum atomic E-state index is 6.21. The molecule has 1 aromatic rings. The van der Waals surface area contributed by atoms with Crippen molar-refractivity contribution in [1.82, 2.24) is 5.32 Å². The maximum absolute atomic E-state index is 6.21. The fourth-order valence-corrected chi connectivity index (χ4v) is 2.11. The molecular weight excluding hydrogens is 222 g/mol. The minimum atomic E-state index is 0.266. The summed E-state index contributed by atoms with van der Waals surface area (Å²) in [5.74, 6) is 1.31. The van der Waals surface area contributed by atoms with Crippen LogP contribution >= 0.6 is 11.6 Å². The quantitative estimate of drug-likeness (QED) is 0.875. The molecular formula is C13H18ClNO. The minimum Gasteiger partial charge on any atom is -0.487 e. The predicted molar refractivity (Wildman–Crippen MR) is 67.4 cm³/mol. The third-order valence-corrected chi connectivity index (χ3v) is 3.23. The van der Waals surface area contributed by atoms with E-state index in [2.05, 4.69) is 25.2 Å². The number of rotatable bonds is 3. The van der Waals surface area contributed by atoms with Gasteiger partial charge >= 0.3 is 0 Å². The van der Waals surface area contributed by atoms with E-state index >= 15 is 0 Å². The SMILES string of the molecule is CC(C)c1ccc(O[C@H]2CCNC2)c(Cl)c1. The molecule has 1 atom stereocenters. The number of ether oxygens (including phenoxy) is 1. The van der Waals surface area contributed by atoms with Gasteiger partial charge in [-0.05, 0) is 36.6 Å². The summed E-state index contributed by atoms with van der Waals surface area (Å²) in [6.07, 6.45) is 1.32. The average molecular weight is 240 g/mol. The summed E-state index contributed by atoms with van der Waals surface area (Å²) < 4.78 is 5.85. The molecule has 1 aliphatic heterocycles. The highest BCUT2D eigenvalue weighted by Crippen LogP contribution is 2.29. The molecule has 1 saturated heterocycles. The Balaban J connectivity index is 2.09. The molecule has 0 saturated carbocycles. The van der Waals surface area contributed by atoms with Crippen LogP contribution in [-0.2, 0) is 0 Å². The van der Waals surface area contributed by atoms with Crippen molar-refractivity contribution in [1.29, 1.82) is 0 Å². The summed E-state index contributed by atoms with van der Waals surface area (Å²) in [5, 5.41) is 3.99. The van der Waals surface area contributed by atoms with Crippen molar-refractivity contribution in [2.75, 3.05) is 13.1 Å². The molecule has 1 aromatic carbocycles. The van der Waals surface area contributed by atoms with Crippen LogP contribution in [0.15, 0.2) is 18.2 Å². The highest BCUT2D eigenvalue weighted by atomic mass is 35.5. The number of hydrogen-bond donors (Lipinski definition) is 1. The summed E-state index contributed by atoms with van der Waals surface area (Å²) in [4.78, 5) is 0. The fraction of sp³-hybridized carbons (Fsp3) is 0.538. The topological polar surface area (TPSA) is 21.3 Å². The van der Waals surface area contributed by atoms with Gasteiger partial charge in [0.05, 0.1) is 5.02 Å². The zero-order valence-electron chi connectivity index (χ0n) is 9.79. The first-order valence-corrected chi connectivity index (χ1v) is 6.21. The molecule has 0 unspecified atom stereocenters. The second-order valence-electron chi connectivity index (χ2n) is 4.58. The van der Waals surface area contributed by atoms with Crippen molar-refractivity contribution < 1.29 is 4.74 Å². The molecule has 0 spiro atoms. The Labute approximate surface area is 102 Å². The monoisotopic (exact) mass is 239 g/mol. The minimum absolute atomic E-state index is 0.266. The van der Waals surface area contributed by atoms with Gasteiger partial charge in [-0.3, -0.25) is 0 Å². The van der Waals surface area contributed by atoms with Crippen molar-refractivity contribution in [2.45, 2.75) is 32.3 Å². The molecule has 1 aliphatic rings. The second kappa shape index (κ2) is 5.07. The zero-order chi connectivity index (χ0) is 11.5. The molecule has 3 heteroatoms. The van der Waals surface area contributed by atoms with Crippen LogP contribution in [0.25, 0.3) is 0 Å². The second-order valence-corrected chi connectivity index (χ2v) is 4.98. The molecule has 2 nitrogen and oxygen atoms in total. The summed E-state index contributed by atoms with van der Waals surface area (Å²) >= 11 is 6.21. The summed E-state index contributed by atoms with van der Waals surface area (Å²) in [6, 6.07) is 6.08. The molecule has 0 radical (unpaired) electrons. The third kappa shape index (κ3) is 2.69. The lowest BCUT2D eigenvalue weighted by molar-refractivity contribution is 0.223. The van der Waals surface area contributed by atoms with E-state index in [1.807, 2.05) is 12.1 Å². The zero-order valence-corrected chi connectivity index (χ0v) is 10.6. The molecule has 1 heterocycles. The van der Waals surface area contributed by atoms with Gasteiger partial charge in [0.1, 0.15) is 11.9 Å². The van der Waals surface area contributed by atoms with Gasteiger partial charge in [0, 0.05) is 6.54 Å². The molecule has 88 valence electrons. The van der Waals surface area contributed by atoms with E-state index in [1.165, 1.54) is 5.56 Å². The van der Waals surface area contributed by atoms with E-state index in [4.69, 9.17) is 16.3 Å². The van der Waals surface area contributed by atoms with Crippen LogP contribution in [0.4, 0.5) is 0 Å². The van der Waals surface area contributed by atoms with E-state index < -0.39 is 0 Å². The Kier molecular flexibility index (Phi) is 3.72. The molecule has 2 rings (SSSR count). The van der Waals surface area contributed by atoms with Gasteiger partial charge in [-0.25, -0.2) is 0 Å². The van der Waals surface area contributed by atoms with Crippen LogP contribution in [0.1, 0.15) is 31.7 Å². The Morgan fingerprint density at radius 3 is 2.81 bits per heavy atom. The van der Waals surface area contributed by atoms with Crippen molar-refractivity contribution in [2.24, 2.45) is 0 Å². The Morgan fingerprint density at radius 2 is 2.25 bits per heavy atom. The van der Waals surface area contributed by atoms with Crippen LogP contribution in [0.2, 0.25) is 5.02 Å². The first-order chi connectivity index (χ1) is 7.66. The summed E-state index contributed by atoms with van der Waals surface area (Å²) in [6.45, 7) is 6.27. The van der Waals surface area contributed by atoms with E-state index in [-0.39, 0.29) is 6.10 Å². The van der Waals surface area contributed by atoms with Gasteiger partial charge in [-0.2, -0.15) is 0 Å². The average Bonchev–Trinajstić information content (AvgIpc) is 2.73. The lowest BCUT2D eigenvalue weighted by Gasteiger charge is -2.15. The normalized spacial score (nSPS) is 20.4. The largest absolute Gasteiger partial charge is 0.487 e. The molecule has 16 heavy (non-hydrogen) atoms. The first-order valence-electron chi connectivity index (χ1n) is 5.83. The summed E-state index contributed by atoms with van der Waals surface area (Å²) in [7, 11) is 0. The Hall–Kier alpha value is -0.730. The lowest BCUT2D eigenvalue weighted by Crippen LogP contribution is -2.19. The number of halogens is 1. The highest BCUT2D eigenvalue weighted by Gasteiger charge is 2.17. The van der Waals surface area contributed by atoms with Crippen LogP contribution in [-0.4, -0.2) is 19.2 Å². The molecule has 0 aliphatic carbocycles. The van der Waals surface area contributed by atoms with Crippen molar-refractivity contribution in [3.8, 4) is 5.75 Å². The number of benzene rings is 1. The highest BCUT2D eigenvalue weighted by molar-refractivity contribution is 6.32. The van der Waals surface area contributed by atoms with E-state index in [1.54, 1.807) is 0 Å². The molecule has 0 aromatic heterocycles. The van der Waals surface area contributed by atoms with Gasteiger partial charge in [-0.1, -0.05) is 31.5 Å².